The van der Waals surface area contributed by atoms with Crippen LogP contribution in [0.1, 0.15) is 39.0 Å². The van der Waals surface area contributed by atoms with Crippen LogP contribution >= 0.6 is 0 Å². The molecule has 1 heterocycles. The first-order valence-corrected chi connectivity index (χ1v) is 6.95. The van der Waals surface area contributed by atoms with Gasteiger partial charge in [0.1, 0.15) is 0 Å². The lowest BCUT2D eigenvalue weighted by Gasteiger charge is -2.36. The highest BCUT2D eigenvalue weighted by atomic mass is 16.5. The lowest BCUT2D eigenvalue weighted by molar-refractivity contribution is 0.116. The Labute approximate surface area is 99.5 Å². The van der Waals surface area contributed by atoms with Crippen LogP contribution in [-0.4, -0.2) is 49.8 Å². The van der Waals surface area contributed by atoms with Gasteiger partial charge in [0.2, 0.25) is 0 Å². The Hall–Kier alpha value is -0.120. The van der Waals surface area contributed by atoms with Crippen molar-refractivity contribution >= 4 is 0 Å². The minimum Gasteiger partial charge on any atom is -0.380 e. The number of hydrogen-bond donors (Lipinski definition) is 1. The van der Waals surface area contributed by atoms with E-state index < -0.39 is 0 Å². The van der Waals surface area contributed by atoms with Crippen LogP contribution in [0.5, 0.6) is 0 Å². The van der Waals surface area contributed by atoms with Gasteiger partial charge in [-0.25, -0.2) is 0 Å². The minimum absolute atomic E-state index is 0.782. The average Bonchev–Trinajstić information content (AvgIpc) is 2.59. The van der Waals surface area contributed by atoms with E-state index in [0.717, 1.165) is 38.4 Å². The number of ether oxygens (including phenoxy) is 1. The van der Waals surface area contributed by atoms with Crippen LogP contribution in [0.25, 0.3) is 0 Å². The second kappa shape index (κ2) is 6.58. The summed E-state index contributed by atoms with van der Waals surface area (Å²) in [5, 5.41) is 3.58. The maximum Gasteiger partial charge on any atom is 0.0593 e. The van der Waals surface area contributed by atoms with Gasteiger partial charge in [-0.15, -0.1) is 0 Å². The van der Waals surface area contributed by atoms with Crippen LogP contribution in [0, 0.1) is 0 Å². The molecule has 0 unspecified atom stereocenters. The van der Waals surface area contributed by atoms with Gasteiger partial charge in [-0.2, -0.15) is 0 Å². The van der Waals surface area contributed by atoms with Crippen LogP contribution in [-0.2, 0) is 4.74 Å². The first-order valence-electron chi connectivity index (χ1n) is 6.95. The molecule has 0 amide bonds. The van der Waals surface area contributed by atoms with Gasteiger partial charge in [-0.05, 0) is 38.6 Å². The summed E-state index contributed by atoms with van der Waals surface area (Å²) >= 11 is 0. The Morgan fingerprint density at radius 3 is 2.69 bits per heavy atom. The fraction of sp³-hybridized carbons (Fsp3) is 1.00. The molecule has 0 radical (unpaired) electrons. The summed E-state index contributed by atoms with van der Waals surface area (Å²) in [6.07, 6.45) is 6.67. The predicted octanol–water partition coefficient (Wildman–Crippen LogP) is 1.63. The van der Waals surface area contributed by atoms with E-state index in [9.17, 15) is 0 Å². The molecule has 94 valence electrons. The smallest absolute Gasteiger partial charge is 0.0593 e. The van der Waals surface area contributed by atoms with E-state index in [4.69, 9.17) is 4.74 Å². The zero-order valence-corrected chi connectivity index (χ0v) is 10.6. The van der Waals surface area contributed by atoms with Gasteiger partial charge in [-0.3, -0.25) is 4.90 Å². The normalized spacial score (nSPS) is 33.6. The SMILES string of the molecule is CCNC1CCC(N2CCCOCC2)CC1. The molecule has 2 aliphatic rings. The Bertz CT molecular complexity index is 182. The first-order chi connectivity index (χ1) is 7.90. The average molecular weight is 226 g/mol. The summed E-state index contributed by atoms with van der Waals surface area (Å²) in [6, 6.07) is 1.61. The van der Waals surface area contributed by atoms with Crippen LogP contribution in [0.3, 0.4) is 0 Å². The molecule has 0 aromatic rings. The van der Waals surface area contributed by atoms with Crippen molar-refractivity contribution in [1.29, 1.82) is 0 Å². The Morgan fingerprint density at radius 1 is 1.12 bits per heavy atom. The summed E-state index contributed by atoms with van der Waals surface area (Å²) in [6.45, 7) is 7.62. The van der Waals surface area contributed by atoms with Gasteiger partial charge in [-0.1, -0.05) is 6.92 Å². The van der Waals surface area contributed by atoms with Gasteiger partial charge in [0, 0.05) is 31.8 Å². The topological polar surface area (TPSA) is 24.5 Å². The third-order valence-electron chi connectivity index (χ3n) is 3.96. The molecule has 3 nitrogen and oxygen atoms in total. The lowest BCUT2D eigenvalue weighted by Crippen LogP contribution is -2.43. The summed E-state index contributed by atoms with van der Waals surface area (Å²) in [4.78, 5) is 2.66. The van der Waals surface area contributed by atoms with Gasteiger partial charge < -0.3 is 10.1 Å². The van der Waals surface area contributed by atoms with Crippen molar-refractivity contribution in [2.45, 2.75) is 51.1 Å². The Kier molecular flexibility index (Phi) is 5.07. The molecular formula is C13H26N2O. The zero-order valence-electron chi connectivity index (χ0n) is 10.6. The van der Waals surface area contributed by atoms with E-state index in [-0.39, 0.29) is 0 Å². The highest BCUT2D eigenvalue weighted by Crippen LogP contribution is 2.23. The van der Waals surface area contributed by atoms with Crippen molar-refractivity contribution in [1.82, 2.24) is 10.2 Å². The van der Waals surface area contributed by atoms with Crippen molar-refractivity contribution in [3.63, 3.8) is 0 Å². The maximum absolute atomic E-state index is 5.52. The summed E-state index contributed by atoms with van der Waals surface area (Å²) in [7, 11) is 0. The van der Waals surface area contributed by atoms with E-state index in [1.807, 2.05) is 0 Å². The Balaban J connectivity index is 1.74. The largest absolute Gasteiger partial charge is 0.380 e. The molecule has 0 atom stereocenters. The van der Waals surface area contributed by atoms with Crippen molar-refractivity contribution < 1.29 is 4.74 Å². The first kappa shape index (κ1) is 12.3. The Morgan fingerprint density at radius 2 is 1.94 bits per heavy atom. The summed E-state index contributed by atoms with van der Waals surface area (Å²) in [5.74, 6) is 0. The van der Waals surface area contributed by atoms with Crippen LogP contribution in [0.15, 0.2) is 0 Å². The molecule has 0 spiro atoms. The second-order valence-electron chi connectivity index (χ2n) is 5.07. The quantitative estimate of drug-likeness (QED) is 0.791. The minimum atomic E-state index is 0.782. The van der Waals surface area contributed by atoms with Crippen molar-refractivity contribution in [2.24, 2.45) is 0 Å². The molecule has 1 saturated carbocycles. The predicted molar refractivity (Wildman–Crippen MR) is 66.7 cm³/mol. The zero-order chi connectivity index (χ0) is 11.2. The molecule has 2 fully saturated rings. The monoisotopic (exact) mass is 226 g/mol. The van der Waals surface area contributed by atoms with Crippen molar-refractivity contribution in [3.8, 4) is 0 Å². The molecule has 3 heteroatoms. The van der Waals surface area contributed by atoms with E-state index in [1.54, 1.807) is 0 Å². The molecule has 16 heavy (non-hydrogen) atoms. The third kappa shape index (κ3) is 3.44. The van der Waals surface area contributed by atoms with E-state index >= 15 is 0 Å². The van der Waals surface area contributed by atoms with E-state index in [0.29, 0.717) is 0 Å². The fourth-order valence-electron chi connectivity index (χ4n) is 3.06. The van der Waals surface area contributed by atoms with E-state index in [2.05, 4.69) is 17.1 Å². The summed E-state index contributed by atoms with van der Waals surface area (Å²) in [5.41, 5.74) is 0. The number of nitrogens with one attached hydrogen (secondary N) is 1. The molecule has 0 bridgehead atoms. The van der Waals surface area contributed by atoms with Crippen molar-refractivity contribution in [3.05, 3.63) is 0 Å². The van der Waals surface area contributed by atoms with Gasteiger partial charge >= 0.3 is 0 Å². The molecule has 1 aliphatic heterocycles. The molecule has 0 aromatic heterocycles. The lowest BCUT2D eigenvalue weighted by atomic mass is 9.90. The fourth-order valence-corrected chi connectivity index (χ4v) is 3.06. The molecule has 1 N–H and O–H groups in total. The molecular weight excluding hydrogens is 200 g/mol. The molecule has 1 aliphatic carbocycles. The maximum atomic E-state index is 5.52. The standard InChI is InChI=1S/C13H26N2O/c1-2-14-12-4-6-13(7-5-12)15-8-3-10-16-11-9-15/h12-14H,2-11H2,1H3. The van der Waals surface area contributed by atoms with Gasteiger partial charge in [0.25, 0.3) is 0 Å². The van der Waals surface area contributed by atoms with Gasteiger partial charge in [0.05, 0.1) is 6.61 Å². The number of nitrogens with zero attached hydrogens (tertiary/aromatic N) is 1. The second-order valence-corrected chi connectivity index (χ2v) is 5.07. The molecule has 1 saturated heterocycles. The number of rotatable bonds is 3. The van der Waals surface area contributed by atoms with Crippen molar-refractivity contribution in [2.75, 3.05) is 32.8 Å². The number of hydrogen-bond acceptors (Lipinski definition) is 3. The highest BCUT2D eigenvalue weighted by Gasteiger charge is 2.25. The van der Waals surface area contributed by atoms with Crippen LogP contribution in [0.2, 0.25) is 0 Å². The molecule has 0 aromatic carbocycles. The van der Waals surface area contributed by atoms with E-state index in [1.165, 1.54) is 38.6 Å². The third-order valence-corrected chi connectivity index (χ3v) is 3.96. The van der Waals surface area contributed by atoms with Gasteiger partial charge in [0.15, 0.2) is 0 Å². The summed E-state index contributed by atoms with van der Waals surface area (Å²) < 4.78 is 5.52. The van der Waals surface area contributed by atoms with Crippen LogP contribution < -0.4 is 5.32 Å². The van der Waals surface area contributed by atoms with Crippen LogP contribution in [0.4, 0.5) is 0 Å². The molecule has 2 rings (SSSR count). The highest BCUT2D eigenvalue weighted by molar-refractivity contribution is 4.83.